The number of aromatic nitrogens is 3. The zero-order valence-electron chi connectivity index (χ0n) is 15.0. The van der Waals surface area contributed by atoms with E-state index >= 15 is 0 Å². The second-order valence-electron chi connectivity index (χ2n) is 6.33. The standard InChI is InChI=1S/C21H18FN3OS/c1-14(2)27-18-9-3-15(4-10-18)19-13-23-20-11-12-21(24-25(19)20)26-17-7-5-16(22)6-8-17/h3-14H,1-2H3. The van der Waals surface area contributed by atoms with Crippen molar-refractivity contribution in [1.29, 1.82) is 0 Å². The SMILES string of the molecule is CC(C)Sc1ccc(-c2cnc3ccc(Oc4ccc(F)cc4)nn23)cc1. The molecule has 0 saturated heterocycles. The quantitative estimate of drug-likeness (QED) is 0.409. The van der Waals surface area contributed by atoms with Crippen molar-refractivity contribution in [3.05, 3.63) is 72.7 Å². The zero-order valence-corrected chi connectivity index (χ0v) is 15.8. The minimum absolute atomic E-state index is 0.304. The van der Waals surface area contributed by atoms with Crippen LogP contribution in [0.4, 0.5) is 4.39 Å². The van der Waals surface area contributed by atoms with Crippen LogP contribution in [0.25, 0.3) is 16.9 Å². The van der Waals surface area contributed by atoms with E-state index in [2.05, 4.69) is 48.2 Å². The lowest BCUT2D eigenvalue weighted by molar-refractivity contribution is 0.451. The Morgan fingerprint density at radius 2 is 1.70 bits per heavy atom. The minimum atomic E-state index is -0.304. The molecule has 4 aromatic rings. The fourth-order valence-corrected chi connectivity index (χ4v) is 3.55. The number of hydrogen-bond acceptors (Lipinski definition) is 4. The number of rotatable bonds is 5. The molecule has 0 aliphatic heterocycles. The van der Waals surface area contributed by atoms with Gasteiger partial charge < -0.3 is 4.74 Å². The van der Waals surface area contributed by atoms with Crippen LogP contribution in [0.15, 0.2) is 71.8 Å². The maximum atomic E-state index is 13.0. The first-order valence-corrected chi connectivity index (χ1v) is 9.52. The summed E-state index contributed by atoms with van der Waals surface area (Å²) in [5, 5.41) is 5.07. The first-order valence-electron chi connectivity index (χ1n) is 8.64. The first-order chi connectivity index (χ1) is 13.1. The van der Waals surface area contributed by atoms with Gasteiger partial charge in [0.05, 0.1) is 11.9 Å². The monoisotopic (exact) mass is 379 g/mol. The molecule has 0 N–H and O–H groups in total. The van der Waals surface area contributed by atoms with Crippen molar-refractivity contribution in [3.8, 4) is 22.9 Å². The van der Waals surface area contributed by atoms with Crippen molar-refractivity contribution in [3.63, 3.8) is 0 Å². The highest BCUT2D eigenvalue weighted by atomic mass is 32.2. The van der Waals surface area contributed by atoms with Gasteiger partial charge >= 0.3 is 0 Å². The molecule has 4 rings (SSSR count). The van der Waals surface area contributed by atoms with Gasteiger partial charge in [-0.2, -0.15) is 0 Å². The summed E-state index contributed by atoms with van der Waals surface area (Å²) in [5.41, 5.74) is 2.65. The molecular formula is C21H18FN3OS. The number of fused-ring (bicyclic) bond motifs is 1. The predicted molar refractivity (Wildman–Crippen MR) is 106 cm³/mol. The molecule has 4 nitrogen and oxygen atoms in total. The normalized spacial score (nSPS) is 11.3. The summed E-state index contributed by atoms with van der Waals surface area (Å²) in [6.07, 6.45) is 1.80. The van der Waals surface area contributed by atoms with Crippen LogP contribution in [0, 0.1) is 5.82 Å². The molecule has 0 atom stereocenters. The molecule has 0 aliphatic carbocycles. The van der Waals surface area contributed by atoms with Crippen LogP contribution in [0.2, 0.25) is 0 Å². The largest absolute Gasteiger partial charge is 0.438 e. The van der Waals surface area contributed by atoms with Gasteiger partial charge in [0.2, 0.25) is 5.88 Å². The second-order valence-corrected chi connectivity index (χ2v) is 7.98. The van der Waals surface area contributed by atoms with Crippen molar-refractivity contribution in [1.82, 2.24) is 14.6 Å². The highest BCUT2D eigenvalue weighted by Crippen LogP contribution is 2.28. The van der Waals surface area contributed by atoms with Gasteiger partial charge in [0, 0.05) is 21.8 Å². The van der Waals surface area contributed by atoms with Gasteiger partial charge in [-0.1, -0.05) is 26.0 Å². The average Bonchev–Trinajstić information content (AvgIpc) is 3.07. The van der Waals surface area contributed by atoms with Crippen molar-refractivity contribution >= 4 is 17.4 Å². The van der Waals surface area contributed by atoms with E-state index in [9.17, 15) is 4.39 Å². The van der Waals surface area contributed by atoms with Gasteiger partial charge in [0.25, 0.3) is 0 Å². The van der Waals surface area contributed by atoms with Crippen molar-refractivity contribution in [2.75, 3.05) is 0 Å². The van der Waals surface area contributed by atoms with Gasteiger partial charge in [0.1, 0.15) is 11.6 Å². The fourth-order valence-electron chi connectivity index (χ4n) is 2.71. The number of imidazole rings is 1. The van der Waals surface area contributed by atoms with Crippen LogP contribution < -0.4 is 4.74 Å². The van der Waals surface area contributed by atoms with Crippen LogP contribution in [0.1, 0.15) is 13.8 Å². The van der Waals surface area contributed by atoms with Crippen LogP contribution in [-0.2, 0) is 0 Å². The molecule has 27 heavy (non-hydrogen) atoms. The Morgan fingerprint density at radius 3 is 2.41 bits per heavy atom. The van der Waals surface area contributed by atoms with Gasteiger partial charge in [-0.05, 0) is 42.5 Å². The fraction of sp³-hybridized carbons (Fsp3) is 0.143. The summed E-state index contributed by atoms with van der Waals surface area (Å²) in [5.74, 6) is 0.641. The number of benzene rings is 2. The second kappa shape index (κ2) is 7.40. The molecule has 2 aromatic heterocycles. The Morgan fingerprint density at radius 1 is 0.963 bits per heavy atom. The van der Waals surface area contributed by atoms with Crippen LogP contribution in [0.3, 0.4) is 0 Å². The number of hydrogen-bond donors (Lipinski definition) is 0. The lowest BCUT2D eigenvalue weighted by Gasteiger charge is -2.08. The number of ether oxygens (including phenoxy) is 1. The third-order valence-electron chi connectivity index (χ3n) is 3.90. The van der Waals surface area contributed by atoms with Crippen LogP contribution in [0.5, 0.6) is 11.6 Å². The van der Waals surface area contributed by atoms with E-state index in [-0.39, 0.29) is 5.82 Å². The van der Waals surface area contributed by atoms with Crippen molar-refractivity contribution in [2.45, 2.75) is 24.0 Å². The Hall–Kier alpha value is -2.86. The lowest BCUT2D eigenvalue weighted by Crippen LogP contribution is -1.97. The molecule has 0 spiro atoms. The highest BCUT2D eigenvalue weighted by Gasteiger charge is 2.10. The maximum absolute atomic E-state index is 13.0. The summed E-state index contributed by atoms with van der Waals surface area (Å²) < 4.78 is 20.5. The van der Waals surface area contributed by atoms with E-state index in [4.69, 9.17) is 4.74 Å². The van der Waals surface area contributed by atoms with Gasteiger partial charge in [-0.15, -0.1) is 16.9 Å². The molecule has 0 saturated carbocycles. The van der Waals surface area contributed by atoms with Crippen molar-refractivity contribution in [2.24, 2.45) is 0 Å². The molecule has 0 fully saturated rings. The van der Waals surface area contributed by atoms with Gasteiger partial charge in [0.15, 0.2) is 5.65 Å². The summed E-state index contributed by atoms with van der Waals surface area (Å²) in [6.45, 7) is 4.35. The van der Waals surface area contributed by atoms with E-state index in [1.165, 1.54) is 17.0 Å². The number of thioether (sulfide) groups is 1. The molecule has 0 amide bonds. The third-order valence-corrected chi connectivity index (χ3v) is 4.91. The molecule has 6 heteroatoms. The number of halogens is 1. The summed E-state index contributed by atoms with van der Waals surface area (Å²) in [4.78, 5) is 5.65. The van der Waals surface area contributed by atoms with Crippen LogP contribution >= 0.6 is 11.8 Å². The first kappa shape index (κ1) is 17.5. The minimum Gasteiger partial charge on any atom is -0.438 e. The van der Waals surface area contributed by atoms with Crippen LogP contribution in [-0.4, -0.2) is 19.8 Å². The summed E-state index contributed by atoms with van der Waals surface area (Å²) >= 11 is 1.83. The van der Waals surface area contributed by atoms with E-state index in [1.54, 1.807) is 28.9 Å². The molecule has 0 radical (unpaired) electrons. The Labute approximate surface area is 161 Å². The van der Waals surface area contributed by atoms with Crippen molar-refractivity contribution < 1.29 is 9.13 Å². The number of nitrogens with zero attached hydrogens (tertiary/aromatic N) is 3. The molecule has 0 aliphatic rings. The summed E-state index contributed by atoms with van der Waals surface area (Å²) in [6, 6.07) is 17.8. The van der Waals surface area contributed by atoms with E-state index in [1.807, 2.05) is 17.8 Å². The zero-order chi connectivity index (χ0) is 18.8. The molecule has 2 aromatic carbocycles. The van der Waals surface area contributed by atoms with E-state index in [0.29, 0.717) is 16.9 Å². The Kier molecular flexibility index (Phi) is 4.81. The van der Waals surface area contributed by atoms with E-state index < -0.39 is 0 Å². The van der Waals surface area contributed by atoms with Gasteiger partial charge in [-0.3, -0.25) is 0 Å². The highest BCUT2D eigenvalue weighted by molar-refractivity contribution is 7.99. The molecule has 0 bridgehead atoms. The smallest absolute Gasteiger partial charge is 0.237 e. The third kappa shape index (κ3) is 3.95. The Bertz CT molecular complexity index is 1060. The van der Waals surface area contributed by atoms with E-state index in [0.717, 1.165) is 16.9 Å². The Balaban J connectivity index is 1.64. The molecule has 2 heterocycles. The maximum Gasteiger partial charge on any atom is 0.237 e. The molecule has 0 unspecified atom stereocenters. The molecule has 136 valence electrons. The van der Waals surface area contributed by atoms with Gasteiger partial charge in [-0.25, -0.2) is 13.9 Å². The topological polar surface area (TPSA) is 39.4 Å². The average molecular weight is 379 g/mol. The molecular weight excluding hydrogens is 361 g/mol. The predicted octanol–water partition coefficient (Wildman–Crippen LogP) is 5.83. The summed E-state index contributed by atoms with van der Waals surface area (Å²) in [7, 11) is 0. The lowest BCUT2D eigenvalue weighted by atomic mass is 10.2.